The number of fused-ring (bicyclic) bond motifs is 1. The predicted octanol–water partition coefficient (Wildman–Crippen LogP) is 4.99. The van der Waals surface area contributed by atoms with Gasteiger partial charge in [0.15, 0.2) is 23.2 Å². The first-order chi connectivity index (χ1) is 27.1. The van der Waals surface area contributed by atoms with Gasteiger partial charge in [0.2, 0.25) is 0 Å². The van der Waals surface area contributed by atoms with Crippen LogP contribution in [-0.4, -0.2) is 76.6 Å². The van der Waals surface area contributed by atoms with Crippen molar-refractivity contribution < 1.29 is 36.6 Å². The van der Waals surface area contributed by atoms with Crippen LogP contribution in [-0.2, 0) is 23.5 Å². The lowest BCUT2D eigenvalue weighted by molar-refractivity contribution is -0.384. The Bertz CT molecular complexity index is 2460. The second-order valence-electron chi connectivity index (χ2n) is 14.8. The highest BCUT2D eigenvalue weighted by Gasteiger charge is 2.61. The molecule has 7 rings (SSSR count). The monoisotopic (exact) mass is 808 g/mol. The van der Waals surface area contributed by atoms with E-state index in [0.29, 0.717) is 5.56 Å². The molecular weight excluding hydrogens is 769 g/mol. The molecule has 1 aliphatic heterocycles. The van der Waals surface area contributed by atoms with E-state index in [1.807, 2.05) is 60.7 Å². The number of carbonyl (C=O) groups is 1. The Hall–Kier alpha value is -5.69. The number of non-ortho nitro benzene ring substituents is 1. The number of aliphatic hydroxyl groups is 1. The molecule has 0 unspecified atom stereocenters. The van der Waals surface area contributed by atoms with Crippen LogP contribution < -0.4 is 15.7 Å². The maximum Gasteiger partial charge on any atom is 0.297 e. The third kappa shape index (κ3) is 7.48. The summed E-state index contributed by atoms with van der Waals surface area (Å²) in [4.78, 5) is 36.6. The van der Waals surface area contributed by atoms with Gasteiger partial charge in [-0.2, -0.15) is 8.42 Å². The number of amides is 1. The first-order valence-corrected chi connectivity index (χ1v) is 21.3. The third-order valence-electron chi connectivity index (χ3n) is 10.0. The third-order valence-corrected chi connectivity index (χ3v) is 16.3. The van der Waals surface area contributed by atoms with Gasteiger partial charge in [-0.3, -0.25) is 23.7 Å². The summed E-state index contributed by atoms with van der Waals surface area (Å²) in [5.41, 5.74) is -1.36. The van der Waals surface area contributed by atoms with Crippen LogP contribution in [0.5, 0.6) is 0 Å². The van der Waals surface area contributed by atoms with Crippen molar-refractivity contribution in [1.82, 2.24) is 19.5 Å². The Morgan fingerprint density at radius 1 is 0.930 bits per heavy atom. The molecule has 2 N–H and O–H groups in total. The van der Waals surface area contributed by atoms with E-state index in [4.69, 9.17) is 13.3 Å². The number of anilines is 1. The van der Waals surface area contributed by atoms with Crippen LogP contribution in [0.1, 0.15) is 44.3 Å². The lowest BCUT2D eigenvalue weighted by Gasteiger charge is -2.47. The van der Waals surface area contributed by atoms with E-state index < -0.39 is 64.9 Å². The number of nitrogens with one attached hydrogen (secondary N) is 1. The summed E-state index contributed by atoms with van der Waals surface area (Å²) in [6.45, 7) is 7.14. The summed E-state index contributed by atoms with van der Waals surface area (Å²) in [7, 11) is -7.92. The predicted molar refractivity (Wildman–Crippen MR) is 213 cm³/mol. The molecule has 6 aromatic rings. The molecule has 3 heterocycles. The number of aromatic nitrogens is 4. The van der Waals surface area contributed by atoms with Gasteiger partial charge in [0.1, 0.15) is 24.1 Å². The summed E-state index contributed by atoms with van der Waals surface area (Å²) in [6.07, 6.45) is -1.06. The molecule has 4 aromatic carbocycles. The van der Waals surface area contributed by atoms with Crippen molar-refractivity contribution in [2.24, 2.45) is 0 Å². The van der Waals surface area contributed by atoms with E-state index in [0.717, 1.165) is 34.6 Å². The van der Waals surface area contributed by atoms with Crippen LogP contribution >= 0.6 is 0 Å². The molecular formula is C40H40N6O9SSi. The van der Waals surface area contributed by atoms with Gasteiger partial charge >= 0.3 is 0 Å². The quantitative estimate of drug-likeness (QED) is 0.0729. The first kappa shape index (κ1) is 39.5. The SMILES string of the molecule is CC(C)(C)[Si](O[C@@H]1[C@@H](COS(=O)(=O)c2ccc([N+](=O)[O-])cc2)O[C@@H](n2cnc3c(NC(=O)c4ccccc4)ncnc32)[C@]1(C)O)(c1ccccc1)c1ccccc1. The fourth-order valence-corrected chi connectivity index (χ4v) is 13.0. The summed E-state index contributed by atoms with van der Waals surface area (Å²) >= 11 is 0. The summed E-state index contributed by atoms with van der Waals surface area (Å²) < 4.78 is 48.2. The average Bonchev–Trinajstić information content (AvgIpc) is 3.74. The lowest BCUT2D eigenvalue weighted by atomic mass is 9.96. The fraction of sp³-hybridized carbons (Fsp3) is 0.250. The number of nitro benzene ring substituents is 1. The van der Waals surface area contributed by atoms with Gasteiger partial charge in [-0.15, -0.1) is 0 Å². The minimum atomic E-state index is -4.48. The summed E-state index contributed by atoms with van der Waals surface area (Å²) in [5, 5.41) is 28.0. The zero-order chi connectivity index (χ0) is 40.6. The molecule has 4 atom stereocenters. The van der Waals surface area contributed by atoms with E-state index in [9.17, 15) is 28.4 Å². The van der Waals surface area contributed by atoms with Crippen LogP contribution in [0.2, 0.25) is 5.04 Å². The van der Waals surface area contributed by atoms with Gasteiger partial charge < -0.3 is 19.6 Å². The molecule has 15 nitrogen and oxygen atoms in total. The van der Waals surface area contributed by atoms with E-state index in [2.05, 4.69) is 41.0 Å². The van der Waals surface area contributed by atoms with Crippen LogP contribution in [0, 0.1) is 10.1 Å². The number of benzene rings is 4. The molecule has 1 fully saturated rings. The molecule has 0 radical (unpaired) electrons. The van der Waals surface area contributed by atoms with E-state index in [-0.39, 0.29) is 27.6 Å². The Morgan fingerprint density at radius 3 is 2.07 bits per heavy atom. The van der Waals surface area contributed by atoms with Gasteiger partial charge in [0.25, 0.3) is 30.0 Å². The molecule has 17 heteroatoms. The van der Waals surface area contributed by atoms with Gasteiger partial charge in [0, 0.05) is 17.7 Å². The minimum Gasteiger partial charge on any atom is -0.399 e. The Kier molecular flexibility index (Phi) is 10.6. The van der Waals surface area contributed by atoms with Crippen molar-refractivity contribution in [3.8, 4) is 0 Å². The van der Waals surface area contributed by atoms with Crippen molar-refractivity contribution >= 4 is 57.4 Å². The molecule has 0 aliphatic carbocycles. The normalized spacial score (nSPS) is 20.1. The van der Waals surface area contributed by atoms with Gasteiger partial charge in [-0.05, 0) is 46.6 Å². The highest BCUT2D eigenvalue weighted by Crippen LogP contribution is 2.46. The molecule has 1 amide bonds. The zero-order valence-corrected chi connectivity index (χ0v) is 33.2. The number of nitrogens with zero attached hydrogens (tertiary/aromatic N) is 5. The molecule has 0 spiro atoms. The average molecular weight is 809 g/mol. The second-order valence-corrected chi connectivity index (χ2v) is 20.7. The molecule has 0 saturated carbocycles. The minimum absolute atomic E-state index is 0.124. The maximum absolute atomic E-state index is 13.5. The topological polar surface area (TPSA) is 198 Å². The van der Waals surface area contributed by atoms with Gasteiger partial charge in [0.05, 0.1) is 22.8 Å². The standard InChI is InChI=1S/C40H40N6O9SSi/c1-39(2,3)57(30-16-10-6-11-17-30,31-18-12-7-13-19-31)55-34-32(24-53-56(51,52)29-22-20-28(21-23-29)46(49)50)54-38(40(34,4)48)45-26-43-33-35(41-25-42-36(33)45)44-37(47)27-14-8-5-9-15-27/h5-23,25-26,32,34,38,48H,24H2,1-4H3,(H,41,42,44,47)/t32-,34-,38-,40-/m1/s1. The van der Waals surface area contributed by atoms with Crippen molar-refractivity contribution in [2.75, 3.05) is 11.9 Å². The number of nitro groups is 1. The lowest BCUT2D eigenvalue weighted by Crippen LogP contribution is -2.70. The Morgan fingerprint density at radius 2 is 1.51 bits per heavy atom. The largest absolute Gasteiger partial charge is 0.399 e. The van der Waals surface area contributed by atoms with Crippen LogP contribution in [0.3, 0.4) is 0 Å². The highest BCUT2D eigenvalue weighted by molar-refractivity contribution is 7.86. The maximum atomic E-state index is 13.5. The number of hydrogen-bond donors (Lipinski definition) is 2. The molecule has 1 aliphatic rings. The number of carbonyl (C=O) groups excluding carboxylic acids is 1. The molecule has 57 heavy (non-hydrogen) atoms. The van der Waals surface area contributed by atoms with Crippen molar-refractivity contribution in [3.63, 3.8) is 0 Å². The molecule has 2 aromatic heterocycles. The van der Waals surface area contributed by atoms with E-state index in [1.165, 1.54) is 24.1 Å². The first-order valence-electron chi connectivity index (χ1n) is 18.0. The van der Waals surface area contributed by atoms with Crippen molar-refractivity contribution in [1.29, 1.82) is 0 Å². The number of ether oxygens (including phenoxy) is 1. The molecule has 294 valence electrons. The highest BCUT2D eigenvalue weighted by atomic mass is 32.2. The smallest absolute Gasteiger partial charge is 0.297 e. The summed E-state index contributed by atoms with van der Waals surface area (Å²) in [6, 6.07) is 32.4. The van der Waals surface area contributed by atoms with E-state index in [1.54, 1.807) is 30.3 Å². The van der Waals surface area contributed by atoms with Crippen molar-refractivity contribution in [2.45, 2.75) is 61.7 Å². The molecule has 0 bridgehead atoms. The van der Waals surface area contributed by atoms with Crippen LogP contribution in [0.25, 0.3) is 11.2 Å². The van der Waals surface area contributed by atoms with E-state index >= 15 is 0 Å². The number of hydrogen-bond acceptors (Lipinski definition) is 12. The molecule has 1 saturated heterocycles. The fourth-order valence-electron chi connectivity index (χ4n) is 7.29. The van der Waals surface area contributed by atoms with Gasteiger partial charge in [-0.25, -0.2) is 15.0 Å². The second kappa shape index (κ2) is 15.3. The van der Waals surface area contributed by atoms with Crippen molar-refractivity contribution in [3.05, 3.63) is 144 Å². The Balaban J connectivity index is 1.31. The Labute approximate surface area is 329 Å². The zero-order valence-electron chi connectivity index (χ0n) is 31.4. The number of rotatable bonds is 12. The van der Waals surface area contributed by atoms with Gasteiger partial charge in [-0.1, -0.05) is 99.6 Å². The summed E-state index contributed by atoms with van der Waals surface area (Å²) in [5.74, 6) is -0.293. The van der Waals surface area contributed by atoms with Crippen LogP contribution in [0.15, 0.2) is 133 Å². The van der Waals surface area contributed by atoms with Crippen LogP contribution in [0.4, 0.5) is 11.5 Å². The number of imidazole rings is 1.